The Labute approximate surface area is 86.9 Å². The SMILES string of the molecule is CC(C)c1c(C(=O)O)nnn1CCCF. The standard InChI is InChI=1S/C9H14FN3O2/c1-6(2)8-7(9(14)15)11-12-13(8)5-3-4-10/h6H,3-5H2,1-2H3,(H,14,15). The third-order valence-electron chi connectivity index (χ3n) is 2.03. The summed E-state index contributed by atoms with van der Waals surface area (Å²) in [6.07, 6.45) is 0.322. The summed E-state index contributed by atoms with van der Waals surface area (Å²) in [5.74, 6) is -1.09. The number of aromatic nitrogens is 3. The molecule has 0 bridgehead atoms. The second-order valence-electron chi connectivity index (χ2n) is 3.55. The Morgan fingerprint density at radius 2 is 2.27 bits per heavy atom. The molecule has 0 amide bonds. The lowest BCUT2D eigenvalue weighted by atomic mass is 10.1. The maximum absolute atomic E-state index is 12.0. The molecule has 0 aromatic carbocycles. The fourth-order valence-electron chi connectivity index (χ4n) is 1.42. The van der Waals surface area contributed by atoms with Crippen LogP contribution in [-0.4, -0.2) is 32.7 Å². The molecule has 1 aromatic heterocycles. The summed E-state index contributed by atoms with van der Waals surface area (Å²) in [6.45, 7) is 3.64. The highest BCUT2D eigenvalue weighted by molar-refractivity contribution is 5.86. The molecular formula is C9H14FN3O2. The third kappa shape index (κ3) is 2.51. The lowest BCUT2D eigenvalue weighted by Crippen LogP contribution is -2.10. The first kappa shape index (κ1) is 11.6. The van der Waals surface area contributed by atoms with Crippen LogP contribution in [0.15, 0.2) is 0 Å². The monoisotopic (exact) mass is 215 g/mol. The zero-order valence-corrected chi connectivity index (χ0v) is 8.77. The highest BCUT2D eigenvalue weighted by Crippen LogP contribution is 2.17. The van der Waals surface area contributed by atoms with Crippen molar-refractivity contribution in [3.05, 3.63) is 11.4 Å². The van der Waals surface area contributed by atoms with Gasteiger partial charge in [0, 0.05) is 6.54 Å². The van der Waals surface area contributed by atoms with Crippen molar-refractivity contribution in [3.63, 3.8) is 0 Å². The molecule has 0 atom stereocenters. The van der Waals surface area contributed by atoms with Gasteiger partial charge in [0.05, 0.1) is 12.4 Å². The number of rotatable bonds is 5. The summed E-state index contributed by atoms with van der Waals surface area (Å²) in [5, 5.41) is 16.2. The maximum atomic E-state index is 12.0. The number of carboxylic acid groups (broad SMARTS) is 1. The molecule has 0 aliphatic carbocycles. The number of carboxylic acids is 1. The van der Waals surface area contributed by atoms with E-state index in [0.717, 1.165) is 0 Å². The van der Waals surface area contributed by atoms with Gasteiger partial charge in [-0.25, -0.2) is 9.48 Å². The molecule has 1 aromatic rings. The van der Waals surface area contributed by atoms with Crippen LogP contribution in [0, 0.1) is 0 Å². The Morgan fingerprint density at radius 3 is 2.73 bits per heavy atom. The summed E-state index contributed by atoms with van der Waals surface area (Å²) in [7, 11) is 0. The van der Waals surface area contributed by atoms with E-state index in [4.69, 9.17) is 5.11 Å². The van der Waals surface area contributed by atoms with E-state index < -0.39 is 12.6 Å². The smallest absolute Gasteiger partial charge is 0.358 e. The van der Waals surface area contributed by atoms with Crippen molar-refractivity contribution in [1.29, 1.82) is 0 Å². The molecule has 6 heteroatoms. The van der Waals surface area contributed by atoms with Crippen LogP contribution in [0.4, 0.5) is 4.39 Å². The van der Waals surface area contributed by atoms with Gasteiger partial charge in [-0.3, -0.25) is 4.39 Å². The predicted octanol–water partition coefficient (Wildman–Crippen LogP) is 1.46. The molecule has 0 saturated heterocycles. The van der Waals surface area contributed by atoms with Crippen molar-refractivity contribution >= 4 is 5.97 Å². The van der Waals surface area contributed by atoms with Crippen molar-refractivity contribution in [1.82, 2.24) is 15.0 Å². The topological polar surface area (TPSA) is 68.0 Å². The van der Waals surface area contributed by atoms with Gasteiger partial charge in [-0.15, -0.1) is 5.10 Å². The van der Waals surface area contributed by atoms with Crippen LogP contribution in [-0.2, 0) is 6.54 Å². The van der Waals surface area contributed by atoms with Gasteiger partial charge in [0.1, 0.15) is 0 Å². The van der Waals surface area contributed by atoms with Crippen LogP contribution < -0.4 is 0 Å². The van der Waals surface area contributed by atoms with Gasteiger partial charge in [0.25, 0.3) is 0 Å². The number of hydrogen-bond acceptors (Lipinski definition) is 3. The van der Waals surface area contributed by atoms with E-state index in [2.05, 4.69) is 10.3 Å². The maximum Gasteiger partial charge on any atom is 0.358 e. The molecule has 5 nitrogen and oxygen atoms in total. The zero-order valence-electron chi connectivity index (χ0n) is 8.77. The van der Waals surface area contributed by atoms with E-state index >= 15 is 0 Å². The fourth-order valence-corrected chi connectivity index (χ4v) is 1.42. The highest BCUT2D eigenvalue weighted by atomic mass is 19.1. The minimum atomic E-state index is -1.09. The molecule has 1 N–H and O–H groups in total. The third-order valence-corrected chi connectivity index (χ3v) is 2.03. The minimum Gasteiger partial charge on any atom is -0.476 e. The largest absolute Gasteiger partial charge is 0.476 e. The Kier molecular flexibility index (Phi) is 3.76. The Hall–Kier alpha value is -1.46. The molecule has 0 spiro atoms. The van der Waals surface area contributed by atoms with Crippen LogP contribution in [0.25, 0.3) is 0 Å². The molecule has 15 heavy (non-hydrogen) atoms. The van der Waals surface area contributed by atoms with Gasteiger partial charge >= 0.3 is 5.97 Å². The molecule has 0 aliphatic heterocycles. The van der Waals surface area contributed by atoms with Crippen LogP contribution in [0.1, 0.15) is 42.4 Å². The number of aromatic carboxylic acids is 1. The van der Waals surface area contributed by atoms with Crippen LogP contribution in [0.2, 0.25) is 0 Å². The molecule has 0 saturated carbocycles. The lowest BCUT2D eigenvalue weighted by Gasteiger charge is -2.08. The zero-order chi connectivity index (χ0) is 11.4. The van der Waals surface area contributed by atoms with Crippen LogP contribution >= 0.6 is 0 Å². The molecule has 0 radical (unpaired) electrons. The molecule has 0 aliphatic rings. The molecule has 0 fully saturated rings. The first-order chi connectivity index (χ1) is 7.07. The Morgan fingerprint density at radius 1 is 1.60 bits per heavy atom. The fraction of sp³-hybridized carbons (Fsp3) is 0.667. The second-order valence-corrected chi connectivity index (χ2v) is 3.55. The minimum absolute atomic E-state index is 0.00529. The summed E-state index contributed by atoms with van der Waals surface area (Å²) in [4.78, 5) is 10.8. The number of hydrogen-bond donors (Lipinski definition) is 1. The number of aryl methyl sites for hydroxylation is 1. The molecule has 1 heterocycles. The van der Waals surface area contributed by atoms with Gasteiger partial charge < -0.3 is 5.11 Å². The van der Waals surface area contributed by atoms with Crippen molar-refractivity contribution < 1.29 is 14.3 Å². The average molecular weight is 215 g/mol. The molecule has 84 valence electrons. The Balaban J connectivity index is 3.01. The van der Waals surface area contributed by atoms with Crippen molar-refractivity contribution in [3.8, 4) is 0 Å². The lowest BCUT2D eigenvalue weighted by molar-refractivity contribution is 0.0688. The van der Waals surface area contributed by atoms with E-state index in [1.165, 1.54) is 4.68 Å². The first-order valence-electron chi connectivity index (χ1n) is 4.80. The summed E-state index contributed by atoms with van der Waals surface area (Å²) in [5.41, 5.74) is 0.514. The number of carbonyl (C=O) groups is 1. The predicted molar refractivity (Wildman–Crippen MR) is 51.7 cm³/mol. The van der Waals surface area contributed by atoms with Crippen molar-refractivity contribution in [2.45, 2.75) is 32.7 Å². The summed E-state index contributed by atoms with van der Waals surface area (Å²) >= 11 is 0. The van der Waals surface area contributed by atoms with E-state index in [0.29, 0.717) is 18.7 Å². The van der Waals surface area contributed by atoms with Gasteiger partial charge in [0.15, 0.2) is 5.69 Å². The number of halogens is 1. The quantitative estimate of drug-likeness (QED) is 0.807. The van der Waals surface area contributed by atoms with E-state index in [1.54, 1.807) is 0 Å². The van der Waals surface area contributed by atoms with Crippen LogP contribution in [0.3, 0.4) is 0 Å². The average Bonchev–Trinajstić information content (AvgIpc) is 2.58. The Bertz CT molecular complexity index is 349. The second kappa shape index (κ2) is 4.86. The number of alkyl halides is 1. The number of nitrogens with zero attached hydrogens (tertiary/aromatic N) is 3. The van der Waals surface area contributed by atoms with Crippen molar-refractivity contribution in [2.24, 2.45) is 0 Å². The summed E-state index contributed by atoms with van der Waals surface area (Å²) < 4.78 is 13.5. The first-order valence-corrected chi connectivity index (χ1v) is 4.80. The van der Waals surface area contributed by atoms with Crippen molar-refractivity contribution in [2.75, 3.05) is 6.67 Å². The highest BCUT2D eigenvalue weighted by Gasteiger charge is 2.20. The van der Waals surface area contributed by atoms with E-state index in [1.807, 2.05) is 13.8 Å². The molecular weight excluding hydrogens is 201 g/mol. The van der Waals surface area contributed by atoms with E-state index in [9.17, 15) is 9.18 Å². The van der Waals surface area contributed by atoms with Gasteiger partial charge in [-0.1, -0.05) is 19.1 Å². The van der Waals surface area contributed by atoms with Gasteiger partial charge in [-0.2, -0.15) is 0 Å². The summed E-state index contributed by atoms with van der Waals surface area (Å²) in [6, 6.07) is 0. The molecule has 1 rings (SSSR count). The van der Waals surface area contributed by atoms with Gasteiger partial charge in [-0.05, 0) is 12.3 Å². The van der Waals surface area contributed by atoms with Gasteiger partial charge in [0.2, 0.25) is 0 Å². The van der Waals surface area contributed by atoms with Crippen LogP contribution in [0.5, 0.6) is 0 Å². The molecule has 0 unspecified atom stereocenters. The normalized spacial score (nSPS) is 10.9. The van der Waals surface area contributed by atoms with E-state index in [-0.39, 0.29) is 11.6 Å².